The maximum absolute atomic E-state index is 12.5. The molecule has 0 radical (unpaired) electrons. The van der Waals surface area contributed by atoms with Crippen molar-refractivity contribution in [1.29, 1.82) is 0 Å². The Morgan fingerprint density at radius 2 is 0.804 bits per heavy atom. The molecule has 3 unspecified atom stereocenters. The third kappa shape index (κ3) is 37.0. The van der Waals surface area contributed by atoms with Crippen molar-refractivity contribution >= 4 is 5.91 Å². The van der Waals surface area contributed by atoms with Gasteiger partial charge >= 0.3 is 0 Å². The van der Waals surface area contributed by atoms with E-state index >= 15 is 0 Å². The lowest BCUT2D eigenvalue weighted by molar-refractivity contribution is -0.131. The van der Waals surface area contributed by atoms with Gasteiger partial charge in [0.1, 0.15) is 6.10 Å². The summed E-state index contributed by atoms with van der Waals surface area (Å²) in [5, 5.41) is 33.1. The van der Waals surface area contributed by atoms with Crippen molar-refractivity contribution in [3.05, 3.63) is 24.3 Å². The van der Waals surface area contributed by atoms with Crippen LogP contribution >= 0.6 is 0 Å². The molecule has 5 heteroatoms. The molecular formula is C46H89NO4. The molecule has 3 atom stereocenters. The predicted octanol–water partition coefficient (Wildman–Crippen LogP) is 13.0. The molecule has 0 aliphatic rings. The highest BCUT2D eigenvalue weighted by atomic mass is 16.3. The van der Waals surface area contributed by atoms with E-state index < -0.39 is 24.2 Å². The van der Waals surface area contributed by atoms with E-state index in [0.717, 1.165) is 38.5 Å². The summed E-state index contributed by atoms with van der Waals surface area (Å²) in [6.07, 6.45) is 50.7. The number of aliphatic hydroxyl groups is 3. The third-order valence-electron chi connectivity index (χ3n) is 10.5. The lowest BCUT2D eigenvalue weighted by Gasteiger charge is -2.21. The number of hydrogen-bond acceptors (Lipinski definition) is 4. The Morgan fingerprint density at radius 1 is 0.471 bits per heavy atom. The van der Waals surface area contributed by atoms with E-state index in [0.29, 0.717) is 6.42 Å². The number of aliphatic hydroxyl groups excluding tert-OH is 3. The molecule has 4 N–H and O–H groups in total. The minimum absolute atomic E-state index is 0.373. The molecule has 0 heterocycles. The quantitative estimate of drug-likeness (QED) is 0.0374. The average Bonchev–Trinajstić information content (AvgIpc) is 3.13. The number of unbranched alkanes of at least 4 members (excludes halogenated alkanes) is 31. The van der Waals surface area contributed by atoms with E-state index in [4.69, 9.17) is 0 Å². The van der Waals surface area contributed by atoms with Gasteiger partial charge in [0, 0.05) is 0 Å². The molecule has 1 amide bonds. The normalized spacial score (nSPS) is 13.7. The standard InChI is InChI=1S/C46H89NO4/c1-3-5-7-9-11-13-15-17-19-21-22-23-25-26-28-30-32-34-36-38-40-44(49)43(42-48)47-46(51)45(50)41-39-37-35-33-31-29-27-24-20-18-16-14-12-10-8-6-4-2/h30,32,38,40,43-45,48-50H,3-29,31,33-37,39,41-42H2,1-2H3,(H,47,51)/b32-30+,40-38+. The van der Waals surface area contributed by atoms with Crippen molar-refractivity contribution in [2.24, 2.45) is 0 Å². The van der Waals surface area contributed by atoms with Gasteiger partial charge in [-0.2, -0.15) is 0 Å². The van der Waals surface area contributed by atoms with Crippen LogP contribution in [0.15, 0.2) is 24.3 Å². The van der Waals surface area contributed by atoms with Crippen LogP contribution in [0.25, 0.3) is 0 Å². The summed E-state index contributed by atoms with van der Waals surface area (Å²) in [6.45, 7) is 4.18. The number of nitrogens with one attached hydrogen (secondary N) is 1. The number of amides is 1. The molecule has 0 rings (SSSR count). The summed E-state index contributed by atoms with van der Waals surface area (Å²) in [4.78, 5) is 12.5. The second kappa shape index (κ2) is 41.6. The zero-order valence-electron chi connectivity index (χ0n) is 34.2. The first-order valence-electron chi connectivity index (χ1n) is 22.7. The van der Waals surface area contributed by atoms with Crippen LogP contribution < -0.4 is 5.32 Å². The van der Waals surface area contributed by atoms with Gasteiger partial charge in [0.05, 0.1) is 18.8 Å². The molecule has 0 saturated carbocycles. The van der Waals surface area contributed by atoms with Crippen LogP contribution in [0.2, 0.25) is 0 Å². The maximum Gasteiger partial charge on any atom is 0.249 e. The molecule has 0 aromatic heterocycles. The first kappa shape index (κ1) is 49.8. The van der Waals surface area contributed by atoms with Crippen molar-refractivity contribution in [2.45, 2.75) is 257 Å². The number of allylic oxidation sites excluding steroid dienone is 3. The first-order valence-corrected chi connectivity index (χ1v) is 22.7. The molecule has 0 aromatic carbocycles. The average molecular weight is 720 g/mol. The summed E-state index contributed by atoms with van der Waals surface area (Å²) in [5.74, 6) is -0.510. The van der Waals surface area contributed by atoms with Gasteiger partial charge < -0.3 is 20.6 Å². The molecule has 302 valence electrons. The number of hydrogen-bond donors (Lipinski definition) is 4. The summed E-state index contributed by atoms with van der Waals surface area (Å²) < 4.78 is 0. The van der Waals surface area contributed by atoms with Crippen molar-refractivity contribution in [1.82, 2.24) is 5.32 Å². The van der Waals surface area contributed by atoms with E-state index in [-0.39, 0.29) is 6.61 Å². The van der Waals surface area contributed by atoms with E-state index in [1.165, 1.54) is 180 Å². The Labute approximate surface area is 318 Å². The van der Waals surface area contributed by atoms with Crippen LogP contribution in [-0.4, -0.2) is 46.1 Å². The Bertz CT molecular complexity index is 754. The highest BCUT2D eigenvalue weighted by molar-refractivity contribution is 5.80. The van der Waals surface area contributed by atoms with E-state index in [1.54, 1.807) is 6.08 Å². The molecule has 0 aliphatic carbocycles. The van der Waals surface area contributed by atoms with Crippen LogP contribution in [-0.2, 0) is 4.79 Å². The van der Waals surface area contributed by atoms with Crippen molar-refractivity contribution in [3.8, 4) is 0 Å². The molecule has 5 nitrogen and oxygen atoms in total. The summed E-state index contributed by atoms with van der Waals surface area (Å²) in [6, 6.07) is -0.810. The zero-order chi connectivity index (χ0) is 37.3. The van der Waals surface area contributed by atoms with Gasteiger partial charge in [-0.1, -0.05) is 231 Å². The van der Waals surface area contributed by atoms with Gasteiger partial charge in [0.25, 0.3) is 0 Å². The van der Waals surface area contributed by atoms with Crippen molar-refractivity contribution in [3.63, 3.8) is 0 Å². The summed E-state index contributed by atoms with van der Waals surface area (Å²) >= 11 is 0. The molecule has 0 aliphatic heterocycles. The monoisotopic (exact) mass is 720 g/mol. The summed E-state index contributed by atoms with van der Waals surface area (Å²) in [5.41, 5.74) is 0. The number of rotatable bonds is 41. The number of carbonyl (C=O) groups is 1. The second-order valence-corrected chi connectivity index (χ2v) is 15.6. The minimum Gasteiger partial charge on any atom is -0.394 e. The van der Waals surface area contributed by atoms with E-state index in [9.17, 15) is 20.1 Å². The molecule has 0 aromatic rings. The fraction of sp³-hybridized carbons (Fsp3) is 0.891. The van der Waals surface area contributed by atoms with Gasteiger partial charge in [-0.25, -0.2) is 0 Å². The molecule has 0 saturated heterocycles. The minimum atomic E-state index is -1.10. The van der Waals surface area contributed by atoms with Gasteiger partial charge in [0.2, 0.25) is 5.91 Å². The zero-order valence-corrected chi connectivity index (χ0v) is 34.2. The van der Waals surface area contributed by atoms with Crippen molar-refractivity contribution < 1.29 is 20.1 Å². The van der Waals surface area contributed by atoms with Gasteiger partial charge in [-0.05, 0) is 32.1 Å². The SMILES string of the molecule is CCCCCCCCCCCCCCCC/C=C/CC/C=C/C(O)C(CO)NC(=O)C(O)CCCCCCCCCCCCCCCCCCC. The van der Waals surface area contributed by atoms with Gasteiger partial charge in [-0.15, -0.1) is 0 Å². The smallest absolute Gasteiger partial charge is 0.249 e. The number of carbonyl (C=O) groups excluding carboxylic acids is 1. The third-order valence-corrected chi connectivity index (χ3v) is 10.5. The predicted molar refractivity (Wildman–Crippen MR) is 222 cm³/mol. The molecule has 51 heavy (non-hydrogen) atoms. The molecule has 0 spiro atoms. The van der Waals surface area contributed by atoms with Crippen molar-refractivity contribution in [2.75, 3.05) is 6.61 Å². The second-order valence-electron chi connectivity index (χ2n) is 15.6. The highest BCUT2D eigenvalue weighted by Gasteiger charge is 2.22. The highest BCUT2D eigenvalue weighted by Crippen LogP contribution is 2.16. The lowest BCUT2D eigenvalue weighted by atomic mass is 10.0. The molecule has 0 fully saturated rings. The Balaban J connectivity index is 3.68. The van der Waals surface area contributed by atoms with E-state index in [2.05, 4.69) is 31.3 Å². The Hall–Kier alpha value is -1.17. The Morgan fingerprint density at radius 3 is 1.20 bits per heavy atom. The lowest BCUT2D eigenvalue weighted by Crippen LogP contribution is -2.48. The van der Waals surface area contributed by atoms with Crippen LogP contribution in [0.3, 0.4) is 0 Å². The largest absolute Gasteiger partial charge is 0.394 e. The van der Waals surface area contributed by atoms with Gasteiger partial charge in [0.15, 0.2) is 0 Å². The fourth-order valence-electron chi connectivity index (χ4n) is 6.97. The van der Waals surface area contributed by atoms with Crippen LogP contribution in [0.1, 0.15) is 239 Å². The van der Waals surface area contributed by atoms with Crippen LogP contribution in [0.4, 0.5) is 0 Å². The van der Waals surface area contributed by atoms with E-state index in [1.807, 2.05) is 6.08 Å². The molecule has 0 bridgehead atoms. The topological polar surface area (TPSA) is 89.8 Å². The summed E-state index contributed by atoms with van der Waals surface area (Å²) in [7, 11) is 0. The fourth-order valence-corrected chi connectivity index (χ4v) is 6.97. The molecular weight excluding hydrogens is 631 g/mol. The van der Waals surface area contributed by atoms with Crippen LogP contribution in [0.5, 0.6) is 0 Å². The maximum atomic E-state index is 12.5. The van der Waals surface area contributed by atoms with Crippen LogP contribution in [0, 0.1) is 0 Å². The Kier molecular flexibility index (Phi) is 40.6. The first-order chi connectivity index (χ1) is 25.1. The van der Waals surface area contributed by atoms with Gasteiger partial charge in [-0.3, -0.25) is 4.79 Å².